The van der Waals surface area contributed by atoms with Crippen LogP contribution in [0.15, 0.2) is 24.3 Å². The number of aryl methyl sites for hydroxylation is 2. The molecular weight excluding hydrogens is 226 g/mol. The predicted octanol–water partition coefficient (Wildman–Crippen LogP) is 2.66. The molecule has 0 atom stereocenters. The van der Waals surface area contributed by atoms with Gasteiger partial charge in [0.1, 0.15) is 0 Å². The molecule has 18 heavy (non-hydrogen) atoms. The zero-order valence-corrected chi connectivity index (χ0v) is 11.3. The number of hydrogen-bond donors (Lipinski definition) is 1. The van der Waals surface area contributed by atoms with E-state index in [-0.39, 0.29) is 0 Å². The van der Waals surface area contributed by atoms with E-state index in [2.05, 4.69) is 42.5 Å². The summed E-state index contributed by atoms with van der Waals surface area (Å²) in [7, 11) is 3.51. The van der Waals surface area contributed by atoms with E-state index in [0.717, 1.165) is 18.2 Å². The Bertz CT molecular complexity index is 546. The molecule has 0 bridgehead atoms. The van der Waals surface area contributed by atoms with E-state index in [4.69, 9.17) is 4.74 Å². The molecule has 0 unspecified atom stereocenters. The van der Waals surface area contributed by atoms with Gasteiger partial charge in [-0.1, -0.05) is 18.2 Å². The molecule has 2 aromatic rings. The van der Waals surface area contributed by atoms with Gasteiger partial charge in [-0.05, 0) is 30.5 Å². The Morgan fingerprint density at radius 2 is 2.11 bits per heavy atom. The molecule has 0 aliphatic rings. The molecule has 96 valence electrons. The van der Waals surface area contributed by atoms with E-state index in [1.54, 1.807) is 11.8 Å². The topological polar surface area (TPSA) is 39.1 Å². The van der Waals surface area contributed by atoms with Crippen LogP contribution in [-0.4, -0.2) is 16.9 Å². The SMILES string of the molecule is COc1cc(NCc2cccc(C)c2C)nn1C. The zero-order valence-electron chi connectivity index (χ0n) is 11.3. The van der Waals surface area contributed by atoms with Gasteiger partial charge in [-0.3, -0.25) is 0 Å². The van der Waals surface area contributed by atoms with Crippen molar-refractivity contribution in [1.29, 1.82) is 0 Å². The fourth-order valence-electron chi connectivity index (χ4n) is 1.92. The molecule has 4 nitrogen and oxygen atoms in total. The zero-order chi connectivity index (χ0) is 13.1. The van der Waals surface area contributed by atoms with Crippen LogP contribution >= 0.6 is 0 Å². The maximum absolute atomic E-state index is 5.18. The number of methoxy groups -OCH3 is 1. The maximum Gasteiger partial charge on any atom is 0.213 e. The molecule has 0 saturated heterocycles. The molecule has 0 radical (unpaired) electrons. The molecule has 0 aliphatic carbocycles. The third kappa shape index (κ3) is 2.47. The van der Waals surface area contributed by atoms with Crippen molar-refractivity contribution in [3.63, 3.8) is 0 Å². The summed E-state index contributed by atoms with van der Waals surface area (Å²) in [4.78, 5) is 0. The van der Waals surface area contributed by atoms with Crippen LogP contribution in [0.5, 0.6) is 5.88 Å². The van der Waals surface area contributed by atoms with Gasteiger partial charge in [-0.15, -0.1) is 0 Å². The van der Waals surface area contributed by atoms with E-state index < -0.39 is 0 Å². The molecule has 1 N–H and O–H groups in total. The highest BCUT2D eigenvalue weighted by molar-refractivity contribution is 5.41. The first-order valence-corrected chi connectivity index (χ1v) is 5.99. The standard InChI is InChI=1S/C14H19N3O/c1-10-6-5-7-12(11(10)2)9-15-13-8-14(18-4)17(3)16-13/h5-8H,9H2,1-4H3,(H,15,16). The summed E-state index contributed by atoms with van der Waals surface area (Å²) >= 11 is 0. The van der Waals surface area contributed by atoms with Crippen molar-refractivity contribution in [3.8, 4) is 5.88 Å². The first kappa shape index (κ1) is 12.5. The molecule has 0 fully saturated rings. The van der Waals surface area contributed by atoms with Crippen molar-refractivity contribution in [2.75, 3.05) is 12.4 Å². The Balaban J connectivity index is 2.09. The smallest absolute Gasteiger partial charge is 0.213 e. The minimum Gasteiger partial charge on any atom is -0.481 e. The van der Waals surface area contributed by atoms with Crippen molar-refractivity contribution in [2.24, 2.45) is 7.05 Å². The van der Waals surface area contributed by atoms with Gasteiger partial charge >= 0.3 is 0 Å². The summed E-state index contributed by atoms with van der Waals surface area (Å²) in [5.41, 5.74) is 3.93. The van der Waals surface area contributed by atoms with Gasteiger partial charge in [0.25, 0.3) is 0 Å². The molecule has 2 rings (SSSR count). The number of hydrogen-bond acceptors (Lipinski definition) is 3. The summed E-state index contributed by atoms with van der Waals surface area (Å²) in [6, 6.07) is 8.24. The Morgan fingerprint density at radius 1 is 1.33 bits per heavy atom. The lowest BCUT2D eigenvalue weighted by Crippen LogP contribution is -2.03. The van der Waals surface area contributed by atoms with Gasteiger partial charge in [0.15, 0.2) is 5.82 Å². The lowest BCUT2D eigenvalue weighted by molar-refractivity contribution is 0.373. The summed E-state index contributed by atoms with van der Waals surface area (Å²) in [6.07, 6.45) is 0. The first-order valence-electron chi connectivity index (χ1n) is 5.99. The fourth-order valence-corrected chi connectivity index (χ4v) is 1.92. The van der Waals surface area contributed by atoms with Crippen molar-refractivity contribution >= 4 is 5.82 Å². The Kier molecular flexibility index (Phi) is 3.55. The molecule has 4 heteroatoms. The van der Waals surface area contributed by atoms with Crippen LogP contribution in [-0.2, 0) is 13.6 Å². The van der Waals surface area contributed by atoms with Crippen LogP contribution in [0.25, 0.3) is 0 Å². The number of nitrogens with one attached hydrogen (secondary N) is 1. The van der Waals surface area contributed by atoms with Crippen molar-refractivity contribution in [3.05, 3.63) is 41.0 Å². The van der Waals surface area contributed by atoms with E-state index in [0.29, 0.717) is 0 Å². The van der Waals surface area contributed by atoms with E-state index in [1.165, 1.54) is 16.7 Å². The number of rotatable bonds is 4. The van der Waals surface area contributed by atoms with Crippen LogP contribution < -0.4 is 10.1 Å². The van der Waals surface area contributed by atoms with Crippen LogP contribution in [0.4, 0.5) is 5.82 Å². The lowest BCUT2D eigenvalue weighted by atomic mass is 10.0. The highest BCUT2D eigenvalue weighted by Gasteiger charge is 2.05. The molecular formula is C14H19N3O. The number of aromatic nitrogens is 2. The Labute approximate surface area is 108 Å². The Hall–Kier alpha value is -1.97. The van der Waals surface area contributed by atoms with Crippen molar-refractivity contribution in [1.82, 2.24) is 9.78 Å². The number of anilines is 1. The molecule has 0 spiro atoms. The highest BCUT2D eigenvalue weighted by atomic mass is 16.5. The second kappa shape index (κ2) is 5.12. The average Bonchev–Trinajstić information content (AvgIpc) is 2.72. The van der Waals surface area contributed by atoms with Gasteiger partial charge in [-0.2, -0.15) is 5.10 Å². The lowest BCUT2D eigenvalue weighted by Gasteiger charge is -2.08. The third-order valence-electron chi connectivity index (χ3n) is 3.22. The molecule has 0 amide bonds. The van der Waals surface area contributed by atoms with Gasteiger partial charge in [0.2, 0.25) is 5.88 Å². The van der Waals surface area contributed by atoms with Crippen LogP contribution in [0, 0.1) is 13.8 Å². The second-order valence-corrected chi connectivity index (χ2v) is 4.41. The van der Waals surface area contributed by atoms with Gasteiger partial charge in [0, 0.05) is 19.7 Å². The van der Waals surface area contributed by atoms with Crippen LogP contribution in [0.2, 0.25) is 0 Å². The van der Waals surface area contributed by atoms with Gasteiger partial charge in [0.05, 0.1) is 7.11 Å². The van der Waals surface area contributed by atoms with E-state index in [1.807, 2.05) is 13.1 Å². The monoisotopic (exact) mass is 245 g/mol. The molecule has 0 aliphatic heterocycles. The van der Waals surface area contributed by atoms with Gasteiger partial charge < -0.3 is 10.1 Å². The van der Waals surface area contributed by atoms with Crippen molar-refractivity contribution in [2.45, 2.75) is 20.4 Å². The average molecular weight is 245 g/mol. The number of nitrogens with zero attached hydrogens (tertiary/aromatic N) is 2. The maximum atomic E-state index is 5.18. The summed E-state index contributed by atoms with van der Waals surface area (Å²) < 4.78 is 6.89. The molecule has 1 aromatic heterocycles. The van der Waals surface area contributed by atoms with E-state index >= 15 is 0 Å². The third-order valence-corrected chi connectivity index (χ3v) is 3.22. The Morgan fingerprint density at radius 3 is 2.78 bits per heavy atom. The second-order valence-electron chi connectivity index (χ2n) is 4.41. The van der Waals surface area contributed by atoms with Crippen LogP contribution in [0.3, 0.4) is 0 Å². The minimum atomic E-state index is 0.749. The van der Waals surface area contributed by atoms with E-state index in [9.17, 15) is 0 Å². The largest absolute Gasteiger partial charge is 0.481 e. The predicted molar refractivity (Wildman–Crippen MR) is 73.0 cm³/mol. The molecule has 1 aromatic carbocycles. The summed E-state index contributed by atoms with van der Waals surface area (Å²) in [6.45, 7) is 5.04. The quantitative estimate of drug-likeness (QED) is 0.900. The highest BCUT2D eigenvalue weighted by Crippen LogP contribution is 2.18. The first-order chi connectivity index (χ1) is 8.61. The summed E-state index contributed by atoms with van der Waals surface area (Å²) in [5, 5.41) is 7.64. The van der Waals surface area contributed by atoms with Crippen molar-refractivity contribution < 1.29 is 4.74 Å². The van der Waals surface area contributed by atoms with Crippen LogP contribution in [0.1, 0.15) is 16.7 Å². The molecule has 1 heterocycles. The molecule has 0 saturated carbocycles. The normalized spacial score (nSPS) is 10.4. The summed E-state index contributed by atoms with van der Waals surface area (Å²) in [5.74, 6) is 1.58. The fraction of sp³-hybridized carbons (Fsp3) is 0.357. The number of ether oxygens (including phenoxy) is 1. The number of benzene rings is 1. The van der Waals surface area contributed by atoms with Gasteiger partial charge in [-0.25, -0.2) is 4.68 Å². The minimum absolute atomic E-state index is 0.749.